The summed E-state index contributed by atoms with van der Waals surface area (Å²) in [5.41, 5.74) is 6.08. The van der Waals surface area contributed by atoms with Crippen LogP contribution in [-0.2, 0) is 0 Å². The fourth-order valence-electron chi connectivity index (χ4n) is 6.54. The highest BCUT2D eigenvalue weighted by Gasteiger charge is 2.15. The molecular weight excluding hydrogens is 560 g/mol. The Hall–Kier alpha value is -6.26. The van der Waals surface area contributed by atoms with Crippen LogP contribution in [0.2, 0.25) is 0 Å². The molecule has 0 aliphatic rings. The van der Waals surface area contributed by atoms with E-state index >= 15 is 0 Å². The second kappa shape index (κ2) is 10.7. The van der Waals surface area contributed by atoms with E-state index in [1.165, 1.54) is 32.3 Å². The second-order valence-corrected chi connectivity index (χ2v) is 11.5. The highest BCUT2D eigenvalue weighted by atomic mass is 15.0. The van der Waals surface area contributed by atoms with E-state index in [1.54, 1.807) is 0 Å². The number of benzene rings is 7. The molecule has 214 valence electrons. The standard InChI is InChI=1S/C42H26N4/c1-2-10-28(11-3-1)40-44-41(29-20-18-27(19-21-29)31-24-25-43-39-17-9-8-16-37(31)39)46-42(45-40)30-22-23-36-34-14-5-4-12-32(34)33-13-6-7-15-35(33)38(36)26-30/h1-26H. The van der Waals surface area contributed by atoms with Gasteiger partial charge in [0.15, 0.2) is 17.5 Å². The van der Waals surface area contributed by atoms with Gasteiger partial charge in [-0.15, -0.1) is 0 Å². The molecule has 9 rings (SSSR count). The molecule has 2 aromatic heterocycles. The minimum Gasteiger partial charge on any atom is -0.256 e. The number of rotatable bonds is 4. The Labute approximate surface area is 265 Å². The summed E-state index contributed by atoms with van der Waals surface area (Å²) < 4.78 is 0. The summed E-state index contributed by atoms with van der Waals surface area (Å²) in [4.78, 5) is 19.6. The molecule has 2 heterocycles. The van der Waals surface area contributed by atoms with Crippen molar-refractivity contribution in [2.45, 2.75) is 0 Å². The molecule has 7 aromatic carbocycles. The first-order valence-electron chi connectivity index (χ1n) is 15.4. The number of para-hydroxylation sites is 1. The average Bonchev–Trinajstić information content (AvgIpc) is 3.15. The average molecular weight is 587 g/mol. The van der Waals surface area contributed by atoms with Crippen LogP contribution in [-0.4, -0.2) is 19.9 Å². The summed E-state index contributed by atoms with van der Waals surface area (Å²) in [6.07, 6.45) is 1.87. The van der Waals surface area contributed by atoms with Crippen LogP contribution >= 0.6 is 0 Å². The molecule has 0 aliphatic heterocycles. The molecule has 0 atom stereocenters. The maximum Gasteiger partial charge on any atom is 0.164 e. The second-order valence-electron chi connectivity index (χ2n) is 11.5. The van der Waals surface area contributed by atoms with E-state index in [0.717, 1.165) is 38.7 Å². The van der Waals surface area contributed by atoms with Crippen LogP contribution in [0.1, 0.15) is 0 Å². The Balaban J connectivity index is 1.21. The molecule has 4 nitrogen and oxygen atoms in total. The highest BCUT2D eigenvalue weighted by Crippen LogP contribution is 2.37. The van der Waals surface area contributed by atoms with Gasteiger partial charge in [0.25, 0.3) is 0 Å². The minimum atomic E-state index is 0.637. The van der Waals surface area contributed by atoms with E-state index < -0.39 is 0 Å². The minimum absolute atomic E-state index is 0.637. The Morgan fingerprint density at radius 2 is 0.761 bits per heavy atom. The summed E-state index contributed by atoms with van der Waals surface area (Å²) in [6, 6.07) is 52.7. The largest absolute Gasteiger partial charge is 0.256 e. The first-order valence-corrected chi connectivity index (χ1v) is 15.4. The summed E-state index contributed by atoms with van der Waals surface area (Å²) in [6.45, 7) is 0. The monoisotopic (exact) mass is 586 g/mol. The topological polar surface area (TPSA) is 51.6 Å². The maximum absolute atomic E-state index is 5.07. The summed E-state index contributed by atoms with van der Waals surface area (Å²) >= 11 is 0. The molecule has 0 fully saturated rings. The van der Waals surface area contributed by atoms with Gasteiger partial charge in [-0.3, -0.25) is 4.98 Å². The van der Waals surface area contributed by atoms with Gasteiger partial charge >= 0.3 is 0 Å². The normalized spacial score (nSPS) is 11.5. The van der Waals surface area contributed by atoms with E-state index in [2.05, 4.69) is 114 Å². The number of hydrogen-bond donors (Lipinski definition) is 0. The van der Waals surface area contributed by atoms with Crippen molar-refractivity contribution in [3.8, 4) is 45.3 Å². The lowest BCUT2D eigenvalue weighted by molar-refractivity contribution is 1.07. The van der Waals surface area contributed by atoms with E-state index in [0.29, 0.717) is 17.5 Å². The van der Waals surface area contributed by atoms with Crippen LogP contribution in [0.3, 0.4) is 0 Å². The molecule has 0 spiro atoms. The predicted molar refractivity (Wildman–Crippen MR) is 189 cm³/mol. The van der Waals surface area contributed by atoms with E-state index in [4.69, 9.17) is 15.0 Å². The summed E-state index contributed by atoms with van der Waals surface area (Å²) in [5.74, 6) is 1.93. The third kappa shape index (κ3) is 4.39. The highest BCUT2D eigenvalue weighted by molar-refractivity contribution is 6.25. The molecule has 0 aliphatic carbocycles. The molecule has 9 aromatic rings. The number of fused-ring (bicyclic) bond motifs is 7. The van der Waals surface area contributed by atoms with Crippen molar-refractivity contribution in [3.05, 3.63) is 158 Å². The van der Waals surface area contributed by atoms with Crippen molar-refractivity contribution < 1.29 is 0 Å². The van der Waals surface area contributed by atoms with Crippen molar-refractivity contribution in [1.29, 1.82) is 0 Å². The molecule has 0 N–H and O–H groups in total. The van der Waals surface area contributed by atoms with Crippen molar-refractivity contribution in [1.82, 2.24) is 19.9 Å². The molecule has 0 amide bonds. The SMILES string of the molecule is c1ccc(-c2nc(-c3ccc(-c4ccnc5ccccc45)cc3)nc(-c3ccc4c5ccccc5c5ccccc5c4c3)n2)cc1. The van der Waals surface area contributed by atoms with Crippen LogP contribution in [0.4, 0.5) is 0 Å². The van der Waals surface area contributed by atoms with Gasteiger partial charge in [0.2, 0.25) is 0 Å². The molecule has 0 saturated carbocycles. The molecule has 46 heavy (non-hydrogen) atoms. The smallest absolute Gasteiger partial charge is 0.164 e. The lowest BCUT2D eigenvalue weighted by Crippen LogP contribution is -2.00. The van der Waals surface area contributed by atoms with Gasteiger partial charge in [0.05, 0.1) is 5.52 Å². The summed E-state index contributed by atoms with van der Waals surface area (Å²) in [5, 5.41) is 8.49. The van der Waals surface area contributed by atoms with Crippen molar-refractivity contribution in [2.75, 3.05) is 0 Å². The van der Waals surface area contributed by atoms with Crippen LogP contribution in [0.25, 0.3) is 88.5 Å². The van der Waals surface area contributed by atoms with Gasteiger partial charge in [0, 0.05) is 28.3 Å². The fraction of sp³-hybridized carbons (Fsp3) is 0. The van der Waals surface area contributed by atoms with Gasteiger partial charge in [-0.25, -0.2) is 15.0 Å². The van der Waals surface area contributed by atoms with Crippen LogP contribution in [0, 0.1) is 0 Å². The van der Waals surface area contributed by atoms with Crippen molar-refractivity contribution in [3.63, 3.8) is 0 Å². The van der Waals surface area contributed by atoms with Crippen molar-refractivity contribution in [2.24, 2.45) is 0 Å². The lowest BCUT2D eigenvalue weighted by atomic mass is 9.93. The number of pyridine rings is 1. The Bertz CT molecular complexity index is 2530. The first kappa shape index (κ1) is 26.2. The quantitative estimate of drug-likeness (QED) is 0.193. The number of hydrogen-bond acceptors (Lipinski definition) is 4. The zero-order chi connectivity index (χ0) is 30.5. The van der Waals surface area contributed by atoms with Gasteiger partial charge in [-0.1, -0.05) is 133 Å². The van der Waals surface area contributed by atoms with E-state index in [9.17, 15) is 0 Å². The van der Waals surface area contributed by atoms with E-state index in [1.807, 2.05) is 48.7 Å². The Morgan fingerprint density at radius 3 is 1.41 bits per heavy atom. The first-order chi connectivity index (χ1) is 22.8. The zero-order valence-corrected chi connectivity index (χ0v) is 24.8. The lowest BCUT2D eigenvalue weighted by Gasteiger charge is -2.13. The van der Waals surface area contributed by atoms with E-state index in [-0.39, 0.29) is 0 Å². The van der Waals surface area contributed by atoms with Gasteiger partial charge < -0.3 is 0 Å². The maximum atomic E-state index is 5.07. The number of nitrogens with zero attached hydrogens (tertiary/aromatic N) is 4. The fourth-order valence-corrected chi connectivity index (χ4v) is 6.54. The number of aromatic nitrogens is 4. The van der Waals surface area contributed by atoms with Gasteiger partial charge in [-0.2, -0.15) is 0 Å². The third-order valence-corrected chi connectivity index (χ3v) is 8.77. The molecule has 0 saturated heterocycles. The predicted octanol–water partition coefficient (Wildman–Crippen LogP) is 10.5. The van der Waals surface area contributed by atoms with Crippen LogP contribution in [0.15, 0.2) is 158 Å². The Morgan fingerprint density at radius 1 is 0.304 bits per heavy atom. The van der Waals surface area contributed by atoms with Crippen LogP contribution in [0.5, 0.6) is 0 Å². The molecule has 0 unspecified atom stereocenters. The Kier molecular flexibility index (Phi) is 6.10. The van der Waals surface area contributed by atoms with Crippen molar-refractivity contribution >= 4 is 43.2 Å². The van der Waals surface area contributed by atoms with Gasteiger partial charge in [-0.05, 0) is 61.6 Å². The molecular formula is C42H26N4. The zero-order valence-electron chi connectivity index (χ0n) is 24.8. The third-order valence-electron chi connectivity index (χ3n) is 8.77. The van der Waals surface area contributed by atoms with Gasteiger partial charge in [0.1, 0.15) is 0 Å². The summed E-state index contributed by atoms with van der Waals surface area (Å²) in [7, 11) is 0. The molecule has 0 radical (unpaired) electrons. The molecule has 4 heteroatoms. The van der Waals surface area contributed by atoms with Crippen LogP contribution < -0.4 is 0 Å². The molecule has 0 bridgehead atoms.